The highest BCUT2D eigenvalue weighted by atomic mass is 19.4. The van der Waals surface area contributed by atoms with E-state index in [2.05, 4.69) is 0 Å². The van der Waals surface area contributed by atoms with Gasteiger partial charge in [-0.05, 0) is 24.6 Å². The maximum Gasteiger partial charge on any atom is 0.431 e. The number of hydrogen-bond donors (Lipinski definition) is 1. The quantitative estimate of drug-likeness (QED) is 0.864. The molecule has 1 aromatic carbocycles. The number of pyridine rings is 1. The number of nitrogen functional groups attached to an aromatic ring is 1. The average Bonchev–Trinajstić information content (AvgIpc) is 2.28. The van der Waals surface area contributed by atoms with Crippen molar-refractivity contribution in [3.63, 3.8) is 0 Å². The first kappa shape index (κ1) is 13.2. The second-order valence-electron chi connectivity index (χ2n) is 4.13. The zero-order chi connectivity index (χ0) is 14.2. The minimum atomic E-state index is -4.66. The lowest BCUT2D eigenvalue weighted by Gasteiger charge is -2.17. The Balaban J connectivity index is 2.84. The van der Waals surface area contributed by atoms with Crippen molar-refractivity contribution in [2.45, 2.75) is 13.1 Å². The number of halogens is 3. The number of nitrogens with zero attached hydrogens (tertiary/aromatic N) is 1. The molecule has 2 aromatic rings. The third-order valence-corrected chi connectivity index (χ3v) is 2.70. The molecule has 0 amide bonds. The molecule has 19 heavy (non-hydrogen) atoms. The zero-order valence-corrected chi connectivity index (χ0v) is 10.0. The summed E-state index contributed by atoms with van der Waals surface area (Å²) in [5, 5.41) is 0. The van der Waals surface area contributed by atoms with Crippen LogP contribution in [0, 0.1) is 6.92 Å². The van der Waals surface area contributed by atoms with Gasteiger partial charge in [0, 0.05) is 11.8 Å². The van der Waals surface area contributed by atoms with Crippen LogP contribution in [0.4, 0.5) is 18.9 Å². The van der Waals surface area contributed by atoms with Crippen LogP contribution in [0.25, 0.3) is 5.69 Å². The highest BCUT2D eigenvalue weighted by Crippen LogP contribution is 2.31. The van der Waals surface area contributed by atoms with Crippen molar-refractivity contribution in [2.24, 2.45) is 0 Å². The smallest absolute Gasteiger partial charge is 0.399 e. The number of para-hydroxylation sites is 1. The van der Waals surface area contributed by atoms with Crippen molar-refractivity contribution in [1.82, 2.24) is 4.57 Å². The highest BCUT2D eigenvalue weighted by Gasteiger charge is 2.35. The molecule has 0 atom stereocenters. The van der Waals surface area contributed by atoms with Crippen LogP contribution in [0.1, 0.15) is 11.3 Å². The Hall–Kier alpha value is -2.24. The van der Waals surface area contributed by atoms with E-state index in [0.29, 0.717) is 10.1 Å². The number of anilines is 1. The summed E-state index contributed by atoms with van der Waals surface area (Å²) in [7, 11) is 0. The summed E-state index contributed by atoms with van der Waals surface area (Å²) in [5.74, 6) is 0. The highest BCUT2D eigenvalue weighted by molar-refractivity contribution is 5.47. The molecule has 0 bridgehead atoms. The summed E-state index contributed by atoms with van der Waals surface area (Å²) in [6.07, 6.45) is -4.66. The molecule has 0 unspecified atom stereocenters. The molecule has 0 saturated carbocycles. The Morgan fingerprint density at radius 3 is 2.37 bits per heavy atom. The molecular weight excluding hydrogens is 257 g/mol. The third-order valence-electron chi connectivity index (χ3n) is 2.70. The molecule has 0 aliphatic rings. The fraction of sp³-hybridized carbons (Fsp3) is 0.154. The number of alkyl halides is 3. The van der Waals surface area contributed by atoms with Gasteiger partial charge in [0.15, 0.2) is 0 Å². The first-order chi connectivity index (χ1) is 8.80. The number of aromatic nitrogens is 1. The Labute approximate surface area is 107 Å². The lowest BCUT2D eigenvalue weighted by molar-refractivity contribution is -0.142. The largest absolute Gasteiger partial charge is 0.431 e. The van der Waals surface area contributed by atoms with Gasteiger partial charge in [-0.1, -0.05) is 18.2 Å². The summed E-state index contributed by atoms with van der Waals surface area (Å²) < 4.78 is 39.7. The normalized spacial score (nSPS) is 11.6. The molecule has 0 fully saturated rings. The van der Waals surface area contributed by atoms with Gasteiger partial charge in [-0.3, -0.25) is 9.36 Å². The van der Waals surface area contributed by atoms with E-state index in [0.717, 1.165) is 12.1 Å². The standard InChI is InChI=1S/C13H11F3N2O/c1-8-4-2-3-5-10(8)18-11(13(14,15)16)6-9(17)7-12(18)19/h2-7H,17H2,1H3. The predicted octanol–water partition coefficient (Wildman–Crippen LogP) is 2.75. The first-order valence-corrected chi connectivity index (χ1v) is 5.46. The van der Waals surface area contributed by atoms with Crippen molar-refractivity contribution in [3.8, 4) is 5.69 Å². The first-order valence-electron chi connectivity index (χ1n) is 5.46. The van der Waals surface area contributed by atoms with E-state index in [-0.39, 0.29) is 11.4 Å². The number of nitrogens with two attached hydrogens (primary N) is 1. The maximum atomic E-state index is 13.0. The lowest BCUT2D eigenvalue weighted by Crippen LogP contribution is -2.27. The van der Waals surface area contributed by atoms with Gasteiger partial charge in [0.2, 0.25) is 0 Å². The van der Waals surface area contributed by atoms with Gasteiger partial charge in [-0.25, -0.2) is 0 Å². The van der Waals surface area contributed by atoms with Crippen molar-refractivity contribution < 1.29 is 13.2 Å². The molecule has 6 heteroatoms. The van der Waals surface area contributed by atoms with Gasteiger partial charge in [0.1, 0.15) is 5.69 Å². The van der Waals surface area contributed by atoms with Crippen LogP contribution in [-0.4, -0.2) is 4.57 Å². The van der Waals surface area contributed by atoms with Crippen LogP contribution in [0.15, 0.2) is 41.2 Å². The molecule has 0 spiro atoms. The van der Waals surface area contributed by atoms with Gasteiger partial charge in [0.25, 0.3) is 5.56 Å². The second kappa shape index (κ2) is 4.46. The Bertz CT molecular complexity index is 674. The zero-order valence-electron chi connectivity index (χ0n) is 10.0. The monoisotopic (exact) mass is 268 g/mol. The number of hydrogen-bond acceptors (Lipinski definition) is 2. The molecule has 1 heterocycles. The number of benzene rings is 1. The molecule has 0 aliphatic heterocycles. The maximum absolute atomic E-state index is 13.0. The van der Waals surface area contributed by atoms with Gasteiger partial charge in [-0.2, -0.15) is 13.2 Å². The van der Waals surface area contributed by atoms with E-state index in [1.54, 1.807) is 25.1 Å². The Morgan fingerprint density at radius 1 is 1.16 bits per heavy atom. The van der Waals surface area contributed by atoms with Crippen molar-refractivity contribution >= 4 is 5.69 Å². The molecule has 100 valence electrons. The lowest BCUT2D eigenvalue weighted by atomic mass is 10.1. The number of aryl methyl sites for hydroxylation is 1. The summed E-state index contributed by atoms with van der Waals surface area (Å²) >= 11 is 0. The van der Waals surface area contributed by atoms with E-state index in [4.69, 9.17) is 5.73 Å². The topological polar surface area (TPSA) is 48.0 Å². The SMILES string of the molecule is Cc1ccccc1-n1c(C(F)(F)F)cc(N)cc1=O. The van der Waals surface area contributed by atoms with E-state index in [9.17, 15) is 18.0 Å². The number of rotatable bonds is 1. The Kier molecular flexibility index (Phi) is 3.09. The molecule has 0 aliphatic carbocycles. The van der Waals surface area contributed by atoms with Crippen LogP contribution >= 0.6 is 0 Å². The third kappa shape index (κ3) is 2.47. The fourth-order valence-electron chi connectivity index (χ4n) is 1.86. The van der Waals surface area contributed by atoms with Crippen molar-refractivity contribution in [2.75, 3.05) is 5.73 Å². The minimum absolute atomic E-state index is 0.194. The summed E-state index contributed by atoms with van der Waals surface area (Å²) in [6, 6.07) is 8.09. The van der Waals surface area contributed by atoms with Crippen LogP contribution < -0.4 is 11.3 Å². The van der Waals surface area contributed by atoms with E-state index in [1.807, 2.05) is 0 Å². The van der Waals surface area contributed by atoms with Gasteiger partial charge < -0.3 is 5.73 Å². The van der Waals surface area contributed by atoms with E-state index >= 15 is 0 Å². The van der Waals surface area contributed by atoms with Crippen LogP contribution in [0.3, 0.4) is 0 Å². The summed E-state index contributed by atoms with van der Waals surface area (Å²) in [4.78, 5) is 11.8. The van der Waals surface area contributed by atoms with E-state index < -0.39 is 17.4 Å². The molecule has 1 aromatic heterocycles. The Morgan fingerprint density at radius 2 is 1.79 bits per heavy atom. The van der Waals surface area contributed by atoms with Gasteiger partial charge in [-0.15, -0.1) is 0 Å². The molecule has 2 N–H and O–H groups in total. The predicted molar refractivity (Wildman–Crippen MR) is 66.2 cm³/mol. The summed E-state index contributed by atoms with van der Waals surface area (Å²) in [6.45, 7) is 1.64. The minimum Gasteiger partial charge on any atom is -0.399 e. The fourth-order valence-corrected chi connectivity index (χ4v) is 1.86. The van der Waals surface area contributed by atoms with Gasteiger partial charge in [0.05, 0.1) is 5.69 Å². The van der Waals surface area contributed by atoms with Crippen molar-refractivity contribution in [3.05, 3.63) is 58.0 Å². The molecular formula is C13H11F3N2O. The molecule has 3 nitrogen and oxygen atoms in total. The van der Waals surface area contributed by atoms with Crippen LogP contribution in [0.5, 0.6) is 0 Å². The van der Waals surface area contributed by atoms with Gasteiger partial charge >= 0.3 is 6.18 Å². The molecule has 0 saturated heterocycles. The molecule has 2 rings (SSSR count). The van der Waals surface area contributed by atoms with E-state index in [1.165, 1.54) is 6.07 Å². The summed E-state index contributed by atoms with van der Waals surface area (Å²) in [5.41, 5.74) is 4.00. The van der Waals surface area contributed by atoms with Crippen LogP contribution in [-0.2, 0) is 6.18 Å². The molecule has 0 radical (unpaired) electrons. The second-order valence-corrected chi connectivity index (χ2v) is 4.13. The van der Waals surface area contributed by atoms with Crippen molar-refractivity contribution in [1.29, 1.82) is 0 Å². The van der Waals surface area contributed by atoms with Crippen LogP contribution in [0.2, 0.25) is 0 Å². The average molecular weight is 268 g/mol.